The molecule has 134 valence electrons. The predicted molar refractivity (Wildman–Crippen MR) is 100 cm³/mol. The molecule has 2 fully saturated rings. The van der Waals surface area contributed by atoms with Crippen LogP contribution in [0.3, 0.4) is 0 Å². The number of nitrogens with zero attached hydrogens (tertiary/aromatic N) is 2. The van der Waals surface area contributed by atoms with Crippen molar-refractivity contribution in [2.75, 3.05) is 0 Å². The van der Waals surface area contributed by atoms with Gasteiger partial charge in [0.15, 0.2) is 4.96 Å². The molecule has 0 aliphatic heterocycles. The lowest BCUT2D eigenvalue weighted by Gasteiger charge is -2.20. The summed E-state index contributed by atoms with van der Waals surface area (Å²) in [6, 6.07) is 9.21. The number of esters is 1. The van der Waals surface area contributed by atoms with Crippen LogP contribution in [0.5, 0.6) is 0 Å². The molecule has 26 heavy (non-hydrogen) atoms. The van der Waals surface area contributed by atoms with Crippen molar-refractivity contribution in [2.45, 2.75) is 38.7 Å². The van der Waals surface area contributed by atoms with Gasteiger partial charge in [-0.05, 0) is 49.1 Å². The highest BCUT2D eigenvalue weighted by molar-refractivity contribution is 7.23. The molecule has 1 aromatic carbocycles. The summed E-state index contributed by atoms with van der Waals surface area (Å²) in [5, 5.41) is 0. The highest BCUT2D eigenvalue weighted by Crippen LogP contribution is 2.49. The van der Waals surface area contributed by atoms with Gasteiger partial charge in [0.05, 0.1) is 15.9 Å². The summed E-state index contributed by atoms with van der Waals surface area (Å²) in [4.78, 5) is 29.8. The number of aromatic nitrogens is 2. The number of ether oxygens (including phenoxy) is 1. The molecule has 2 heterocycles. The lowest BCUT2D eigenvalue weighted by molar-refractivity contribution is -0.146. The van der Waals surface area contributed by atoms with Crippen molar-refractivity contribution in [3.63, 3.8) is 0 Å². The first kappa shape index (κ1) is 16.0. The SMILES string of the molecule is O=C(C[C@@H]1C[C@@H]2CC[C@@H]1C2)OCc1cc(=O)n2c(n1)sc1ccccc12. The number of hydrogen-bond donors (Lipinski definition) is 0. The number of carbonyl (C=O) groups excluding carboxylic acids is 1. The van der Waals surface area contributed by atoms with Gasteiger partial charge in [-0.2, -0.15) is 0 Å². The Kier molecular flexibility index (Phi) is 3.81. The zero-order chi connectivity index (χ0) is 17.7. The van der Waals surface area contributed by atoms with Crippen molar-refractivity contribution in [2.24, 2.45) is 17.8 Å². The summed E-state index contributed by atoms with van der Waals surface area (Å²) in [5.41, 5.74) is 1.25. The van der Waals surface area contributed by atoms with E-state index in [1.54, 1.807) is 4.40 Å². The number of carbonyl (C=O) groups is 1. The fourth-order valence-electron chi connectivity index (χ4n) is 4.75. The minimum atomic E-state index is -0.166. The van der Waals surface area contributed by atoms with Gasteiger partial charge >= 0.3 is 5.97 Å². The molecule has 5 nitrogen and oxygen atoms in total. The van der Waals surface area contributed by atoms with E-state index in [-0.39, 0.29) is 18.1 Å². The Morgan fingerprint density at radius 1 is 1.27 bits per heavy atom. The number of hydrogen-bond acceptors (Lipinski definition) is 5. The van der Waals surface area contributed by atoms with E-state index in [1.807, 2.05) is 24.3 Å². The summed E-state index contributed by atoms with van der Waals surface area (Å²) >= 11 is 1.47. The largest absolute Gasteiger partial charge is 0.459 e. The van der Waals surface area contributed by atoms with Crippen LogP contribution in [-0.2, 0) is 16.1 Å². The predicted octanol–water partition coefficient (Wildman–Crippen LogP) is 3.78. The molecule has 0 saturated heterocycles. The monoisotopic (exact) mass is 368 g/mol. The van der Waals surface area contributed by atoms with Crippen molar-refractivity contribution >= 4 is 32.5 Å². The second kappa shape index (κ2) is 6.20. The van der Waals surface area contributed by atoms with Crippen molar-refractivity contribution in [3.05, 3.63) is 46.4 Å². The van der Waals surface area contributed by atoms with Gasteiger partial charge in [-0.3, -0.25) is 14.0 Å². The van der Waals surface area contributed by atoms with Crippen molar-refractivity contribution < 1.29 is 9.53 Å². The standard InChI is InChI=1S/C20H20N2O3S/c23-18-10-15(21-20-22(18)16-3-1-2-4-17(16)26-20)11-25-19(24)9-14-8-12-5-6-13(14)7-12/h1-4,10,12-14H,5-9,11H2/t12-,13-,14+/m1/s1. The average molecular weight is 368 g/mol. The molecular weight excluding hydrogens is 348 g/mol. The van der Waals surface area contributed by atoms with Crippen molar-refractivity contribution in [3.8, 4) is 0 Å². The molecule has 2 saturated carbocycles. The fraction of sp³-hybridized carbons (Fsp3) is 0.450. The molecule has 5 rings (SSSR count). The Morgan fingerprint density at radius 3 is 2.96 bits per heavy atom. The highest BCUT2D eigenvalue weighted by atomic mass is 32.1. The van der Waals surface area contributed by atoms with Gasteiger partial charge in [0, 0.05) is 12.5 Å². The van der Waals surface area contributed by atoms with Crippen LogP contribution in [-0.4, -0.2) is 15.4 Å². The topological polar surface area (TPSA) is 60.7 Å². The number of para-hydroxylation sites is 1. The number of thiazole rings is 1. The summed E-state index contributed by atoms with van der Waals surface area (Å²) in [6.07, 6.45) is 5.57. The third-order valence-corrected chi connectivity index (χ3v) is 6.96. The van der Waals surface area contributed by atoms with Gasteiger partial charge in [0.2, 0.25) is 0 Å². The first-order chi connectivity index (χ1) is 12.7. The normalized spacial score (nSPS) is 24.5. The smallest absolute Gasteiger partial charge is 0.306 e. The first-order valence-electron chi connectivity index (χ1n) is 9.23. The fourth-order valence-corrected chi connectivity index (χ4v) is 5.80. The minimum Gasteiger partial charge on any atom is -0.459 e. The Balaban J connectivity index is 1.31. The van der Waals surface area contributed by atoms with E-state index in [4.69, 9.17) is 4.74 Å². The maximum Gasteiger partial charge on any atom is 0.306 e. The molecule has 6 heteroatoms. The van der Waals surface area contributed by atoms with Crippen LogP contribution in [0, 0.1) is 17.8 Å². The van der Waals surface area contributed by atoms with E-state index < -0.39 is 0 Å². The van der Waals surface area contributed by atoms with E-state index >= 15 is 0 Å². The first-order valence-corrected chi connectivity index (χ1v) is 10.0. The summed E-state index contributed by atoms with van der Waals surface area (Å²) in [6.45, 7) is 0.0691. The maximum absolute atomic E-state index is 12.5. The Labute approximate surface area is 154 Å². The van der Waals surface area contributed by atoms with Gasteiger partial charge < -0.3 is 4.74 Å². The van der Waals surface area contributed by atoms with Gasteiger partial charge in [0.1, 0.15) is 6.61 Å². The zero-order valence-corrected chi connectivity index (χ0v) is 15.2. The molecular formula is C20H20N2O3S. The molecule has 0 spiro atoms. The van der Waals surface area contributed by atoms with Crippen LogP contribution >= 0.6 is 11.3 Å². The van der Waals surface area contributed by atoms with Crippen LogP contribution in [0.1, 0.15) is 37.8 Å². The van der Waals surface area contributed by atoms with Crippen LogP contribution < -0.4 is 5.56 Å². The summed E-state index contributed by atoms with van der Waals surface area (Å²) < 4.78 is 8.06. The molecule has 2 aliphatic rings. The number of benzene rings is 1. The van der Waals surface area contributed by atoms with E-state index in [2.05, 4.69) is 4.98 Å². The average Bonchev–Trinajstić information content (AvgIpc) is 3.33. The van der Waals surface area contributed by atoms with Crippen LogP contribution in [0.2, 0.25) is 0 Å². The van der Waals surface area contributed by atoms with Gasteiger partial charge in [-0.1, -0.05) is 29.9 Å². The number of fused-ring (bicyclic) bond motifs is 5. The van der Waals surface area contributed by atoms with Crippen molar-refractivity contribution in [1.29, 1.82) is 0 Å². The van der Waals surface area contributed by atoms with Crippen LogP contribution in [0.25, 0.3) is 15.2 Å². The second-order valence-corrected chi connectivity index (χ2v) is 8.58. The molecule has 2 aliphatic carbocycles. The van der Waals surface area contributed by atoms with Gasteiger partial charge in [-0.25, -0.2) is 4.98 Å². The third-order valence-electron chi connectivity index (χ3n) is 5.94. The molecule has 0 radical (unpaired) electrons. The molecule has 0 N–H and O–H groups in total. The van der Waals surface area contributed by atoms with Crippen molar-refractivity contribution in [1.82, 2.24) is 9.38 Å². The van der Waals surface area contributed by atoms with Crippen LogP contribution in [0.4, 0.5) is 0 Å². The van der Waals surface area contributed by atoms with E-state index in [0.717, 1.165) is 16.1 Å². The quantitative estimate of drug-likeness (QED) is 0.658. The Bertz CT molecular complexity index is 1050. The molecule has 0 amide bonds. The highest BCUT2D eigenvalue weighted by Gasteiger charge is 2.40. The third kappa shape index (κ3) is 2.72. The lowest BCUT2D eigenvalue weighted by Crippen LogP contribution is -2.18. The molecule has 2 bridgehead atoms. The zero-order valence-electron chi connectivity index (χ0n) is 14.4. The van der Waals surface area contributed by atoms with Crippen LogP contribution in [0.15, 0.2) is 35.1 Å². The Morgan fingerprint density at radius 2 is 2.15 bits per heavy atom. The van der Waals surface area contributed by atoms with Gasteiger partial charge in [-0.15, -0.1) is 0 Å². The number of rotatable bonds is 4. The molecule has 3 aromatic rings. The van der Waals surface area contributed by atoms with E-state index in [0.29, 0.717) is 28.9 Å². The summed E-state index contributed by atoms with van der Waals surface area (Å²) in [5.74, 6) is 1.87. The minimum absolute atomic E-state index is 0.0691. The second-order valence-electron chi connectivity index (χ2n) is 7.57. The molecule has 2 aromatic heterocycles. The maximum atomic E-state index is 12.5. The molecule has 0 unspecified atom stereocenters. The Hall–Kier alpha value is -2.21. The van der Waals surface area contributed by atoms with Gasteiger partial charge in [0.25, 0.3) is 5.56 Å². The molecule has 3 atom stereocenters. The lowest BCUT2D eigenvalue weighted by atomic mass is 9.86. The summed E-state index contributed by atoms with van der Waals surface area (Å²) in [7, 11) is 0. The van der Waals surface area contributed by atoms with E-state index in [1.165, 1.54) is 43.1 Å². The van der Waals surface area contributed by atoms with E-state index in [9.17, 15) is 9.59 Å².